The number of pyridine rings is 1. The summed E-state index contributed by atoms with van der Waals surface area (Å²) in [6.07, 6.45) is 6.12. The molecule has 0 atom stereocenters. The predicted molar refractivity (Wildman–Crippen MR) is 86.7 cm³/mol. The molecule has 1 aliphatic rings. The zero-order chi connectivity index (χ0) is 16.4. The molecule has 1 heterocycles. The lowest BCUT2D eigenvalue weighted by Crippen LogP contribution is -2.15. The second-order valence-corrected chi connectivity index (χ2v) is 5.83. The second-order valence-electron chi connectivity index (χ2n) is 5.83. The smallest absolute Gasteiger partial charge is 0.270 e. The van der Waals surface area contributed by atoms with Crippen LogP contribution in [0.2, 0.25) is 0 Å². The number of non-ortho nitro benzene ring substituents is 1. The standard InChI is InChI=1S/C17H18N2O4/c1-18-11-12(6-9-17(18)20)15-10-13(19(21)22)7-8-16(15)23-14-4-2-3-5-14/h6-11,14H,2-5H2,1H3. The topological polar surface area (TPSA) is 74.4 Å². The molecular formula is C17H18N2O4. The largest absolute Gasteiger partial charge is 0.490 e. The SMILES string of the molecule is Cn1cc(-c2cc([N+](=O)[O-])ccc2OC2CCCC2)ccc1=O. The third-order valence-electron chi connectivity index (χ3n) is 4.17. The third-order valence-corrected chi connectivity index (χ3v) is 4.17. The minimum Gasteiger partial charge on any atom is -0.490 e. The van der Waals surface area contributed by atoms with E-state index in [1.165, 1.54) is 22.8 Å². The fourth-order valence-corrected chi connectivity index (χ4v) is 2.90. The van der Waals surface area contributed by atoms with Crippen LogP contribution >= 0.6 is 0 Å². The molecule has 1 aromatic heterocycles. The van der Waals surface area contributed by atoms with Crippen molar-refractivity contribution < 1.29 is 9.66 Å². The van der Waals surface area contributed by atoms with Crippen LogP contribution in [0.3, 0.4) is 0 Å². The Morgan fingerprint density at radius 3 is 2.61 bits per heavy atom. The van der Waals surface area contributed by atoms with E-state index in [0.29, 0.717) is 11.3 Å². The van der Waals surface area contributed by atoms with Crippen molar-refractivity contribution in [3.63, 3.8) is 0 Å². The average molecular weight is 314 g/mol. The van der Waals surface area contributed by atoms with Gasteiger partial charge in [-0.25, -0.2) is 0 Å². The Morgan fingerprint density at radius 2 is 1.96 bits per heavy atom. The van der Waals surface area contributed by atoms with Crippen molar-refractivity contribution in [2.45, 2.75) is 31.8 Å². The first-order chi connectivity index (χ1) is 11.0. The van der Waals surface area contributed by atoms with E-state index in [1.54, 1.807) is 25.4 Å². The quantitative estimate of drug-likeness (QED) is 0.641. The summed E-state index contributed by atoms with van der Waals surface area (Å²) in [6, 6.07) is 7.73. The fourth-order valence-electron chi connectivity index (χ4n) is 2.90. The summed E-state index contributed by atoms with van der Waals surface area (Å²) in [5, 5.41) is 11.1. The highest BCUT2D eigenvalue weighted by Gasteiger charge is 2.20. The van der Waals surface area contributed by atoms with Crippen LogP contribution in [0.25, 0.3) is 11.1 Å². The summed E-state index contributed by atoms with van der Waals surface area (Å²) in [5.74, 6) is 0.626. The van der Waals surface area contributed by atoms with Crippen LogP contribution in [0.15, 0.2) is 41.3 Å². The number of aromatic nitrogens is 1. The normalized spacial score (nSPS) is 14.8. The molecule has 0 unspecified atom stereocenters. The molecule has 0 radical (unpaired) electrons. The number of ether oxygens (including phenoxy) is 1. The van der Waals surface area contributed by atoms with E-state index < -0.39 is 4.92 Å². The molecule has 0 aliphatic heterocycles. The van der Waals surface area contributed by atoms with Gasteiger partial charge in [-0.05, 0) is 37.8 Å². The maximum Gasteiger partial charge on any atom is 0.270 e. The van der Waals surface area contributed by atoms with Crippen molar-refractivity contribution in [2.75, 3.05) is 0 Å². The zero-order valence-corrected chi connectivity index (χ0v) is 12.9. The third kappa shape index (κ3) is 3.26. The molecule has 0 bridgehead atoms. The number of nitro benzene ring substituents is 1. The fraction of sp³-hybridized carbons (Fsp3) is 0.353. The first-order valence-corrected chi connectivity index (χ1v) is 7.67. The molecule has 1 aliphatic carbocycles. The van der Waals surface area contributed by atoms with E-state index in [2.05, 4.69) is 0 Å². The van der Waals surface area contributed by atoms with Crippen molar-refractivity contribution in [3.05, 3.63) is 57.0 Å². The Morgan fingerprint density at radius 1 is 1.22 bits per heavy atom. The summed E-state index contributed by atoms with van der Waals surface area (Å²) < 4.78 is 7.51. The van der Waals surface area contributed by atoms with Gasteiger partial charge >= 0.3 is 0 Å². The van der Waals surface area contributed by atoms with Crippen LogP contribution in [0.5, 0.6) is 5.75 Å². The van der Waals surface area contributed by atoms with Crippen LogP contribution in [0, 0.1) is 10.1 Å². The molecule has 2 aromatic rings. The van der Waals surface area contributed by atoms with Gasteiger partial charge in [-0.2, -0.15) is 0 Å². The number of nitro groups is 1. The monoisotopic (exact) mass is 314 g/mol. The minimum absolute atomic E-state index is 0.00706. The highest BCUT2D eigenvalue weighted by atomic mass is 16.6. The molecule has 1 saturated carbocycles. The molecule has 1 aromatic carbocycles. The van der Waals surface area contributed by atoms with Gasteiger partial charge in [0.05, 0.1) is 11.0 Å². The van der Waals surface area contributed by atoms with Crippen molar-refractivity contribution >= 4 is 5.69 Å². The number of benzene rings is 1. The summed E-state index contributed by atoms with van der Waals surface area (Å²) in [7, 11) is 1.65. The van der Waals surface area contributed by atoms with Gasteiger partial charge < -0.3 is 9.30 Å². The van der Waals surface area contributed by atoms with E-state index in [4.69, 9.17) is 4.74 Å². The molecule has 6 heteroatoms. The van der Waals surface area contributed by atoms with Crippen molar-refractivity contribution in [2.24, 2.45) is 7.05 Å². The van der Waals surface area contributed by atoms with Gasteiger partial charge in [-0.15, -0.1) is 0 Å². The number of rotatable bonds is 4. The molecule has 0 spiro atoms. The van der Waals surface area contributed by atoms with Gasteiger partial charge in [0.15, 0.2) is 0 Å². The van der Waals surface area contributed by atoms with Crippen LogP contribution in [0.4, 0.5) is 5.69 Å². The maximum atomic E-state index is 11.6. The van der Waals surface area contributed by atoms with Gasteiger partial charge in [0, 0.05) is 42.6 Å². The number of hydrogen-bond acceptors (Lipinski definition) is 4. The zero-order valence-electron chi connectivity index (χ0n) is 12.9. The van der Waals surface area contributed by atoms with E-state index in [-0.39, 0.29) is 17.4 Å². The van der Waals surface area contributed by atoms with Crippen molar-refractivity contribution in [3.8, 4) is 16.9 Å². The van der Waals surface area contributed by atoms with E-state index in [1.807, 2.05) is 0 Å². The summed E-state index contributed by atoms with van der Waals surface area (Å²) in [4.78, 5) is 22.2. The van der Waals surface area contributed by atoms with Gasteiger partial charge in [0.25, 0.3) is 5.69 Å². The molecule has 0 amide bonds. The minimum atomic E-state index is -0.426. The number of nitrogens with zero attached hydrogens (tertiary/aromatic N) is 2. The lowest BCUT2D eigenvalue weighted by Gasteiger charge is -2.17. The second kappa shape index (κ2) is 6.24. The summed E-state index contributed by atoms with van der Waals surface area (Å²) in [6.45, 7) is 0. The first kappa shape index (κ1) is 15.3. The highest BCUT2D eigenvalue weighted by molar-refractivity contribution is 5.72. The Labute approximate surface area is 133 Å². The van der Waals surface area contributed by atoms with Crippen LogP contribution in [-0.2, 0) is 7.05 Å². The molecule has 23 heavy (non-hydrogen) atoms. The van der Waals surface area contributed by atoms with Crippen LogP contribution in [-0.4, -0.2) is 15.6 Å². The van der Waals surface area contributed by atoms with E-state index in [9.17, 15) is 14.9 Å². The maximum absolute atomic E-state index is 11.6. The lowest BCUT2D eigenvalue weighted by atomic mass is 10.1. The first-order valence-electron chi connectivity index (χ1n) is 7.67. The van der Waals surface area contributed by atoms with Gasteiger partial charge in [0.2, 0.25) is 5.56 Å². The molecule has 0 N–H and O–H groups in total. The Bertz CT molecular complexity index is 791. The predicted octanol–water partition coefficient (Wildman–Crippen LogP) is 3.28. The average Bonchev–Trinajstić information content (AvgIpc) is 3.03. The van der Waals surface area contributed by atoms with Crippen molar-refractivity contribution in [1.82, 2.24) is 4.57 Å². The van der Waals surface area contributed by atoms with Crippen molar-refractivity contribution in [1.29, 1.82) is 0 Å². The number of aryl methyl sites for hydroxylation is 1. The van der Waals surface area contributed by atoms with E-state index >= 15 is 0 Å². The molecule has 6 nitrogen and oxygen atoms in total. The number of hydrogen-bond donors (Lipinski definition) is 0. The van der Waals surface area contributed by atoms with E-state index in [0.717, 1.165) is 31.2 Å². The molecule has 120 valence electrons. The molecule has 1 fully saturated rings. The summed E-state index contributed by atoms with van der Waals surface area (Å²) >= 11 is 0. The van der Waals surface area contributed by atoms with Crippen LogP contribution in [0.1, 0.15) is 25.7 Å². The molecular weight excluding hydrogens is 296 g/mol. The highest BCUT2D eigenvalue weighted by Crippen LogP contribution is 2.35. The van der Waals surface area contributed by atoms with Gasteiger partial charge in [-0.1, -0.05) is 0 Å². The molecule has 3 rings (SSSR count). The van der Waals surface area contributed by atoms with Gasteiger partial charge in [-0.3, -0.25) is 14.9 Å². The summed E-state index contributed by atoms with van der Waals surface area (Å²) in [5.41, 5.74) is 1.25. The Kier molecular flexibility index (Phi) is 4.14. The van der Waals surface area contributed by atoms with Crippen LogP contribution < -0.4 is 10.3 Å². The Hall–Kier alpha value is -2.63. The molecule has 0 saturated heterocycles. The Balaban J connectivity index is 2.05. The van der Waals surface area contributed by atoms with Gasteiger partial charge in [0.1, 0.15) is 5.75 Å². The lowest BCUT2D eigenvalue weighted by molar-refractivity contribution is -0.384.